The largest absolute Gasteiger partial charge is 0.578 e. The van der Waals surface area contributed by atoms with Crippen LogP contribution in [0.4, 0.5) is 5.82 Å². The minimum atomic E-state index is -0.443. The molecular weight excluding hydrogens is 402 g/mol. The van der Waals surface area contributed by atoms with Crippen molar-refractivity contribution in [1.82, 2.24) is 10.3 Å². The van der Waals surface area contributed by atoms with Gasteiger partial charge in [-0.15, -0.1) is 0 Å². The lowest BCUT2D eigenvalue weighted by Crippen LogP contribution is -2.53. The standard InChI is InChI=1S/C25H37N5O2/c1-17(26)27-25(32)21-14-18-8-6-7-11-22(18)29-24(21)30-13-12-23(19(15-30)16-31)28-20-9-4-2-3-5-10-20/h6-8,11,14,17,19-20,23,28,31H,2-5,9-10,12-13,15-16,26H2,1H3,(H,27,32)/p+1. The smallest absolute Gasteiger partial charge is 0.365 e. The highest BCUT2D eigenvalue weighted by Gasteiger charge is 2.33. The van der Waals surface area contributed by atoms with Crippen LogP contribution in [-0.2, 0) is 0 Å². The van der Waals surface area contributed by atoms with Crippen LogP contribution in [0.15, 0.2) is 35.3 Å². The van der Waals surface area contributed by atoms with Gasteiger partial charge in [0, 0.05) is 43.1 Å². The number of fused-ring (bicyclic) bond motifs is 1. The number of pyridine rings is 1. The Hall–Kier alpha value is -2.22. The van der Waals surface area contributed by atoms with Crippen LogP contribution < -0.4 is 16.0 Å². The maximum atomic E-state index is 10.2. The Morgan fingerprint density at radius 1 is 1.25 bits per heavy atom. The zero-order valence-electron chi connectivity index (χ0n) is 19.1. The van der Waals surface area contributed by atoms with Gasteiger partial charge in [0.25, 0.3) is 0 Å². The van der Waals surface area contributed by atoms with E-state index in [9.17, 15) is 5.11 Å². The Labute approximate surface area is 190 Å². The van der Waals surface area contributed by atoms with Crippen molar-refractivity contribution in [3.8, 4) is 0 Å². The maximum Gasteiger partial charge on any atom is 0.365 e. The molecular formula is C25H38N5O2+. The molecule has 2 aliphatic rings. The van der Waals surface area contributed by atoms with Gasteiger partial charge in [-0.1, -0.05) is 43.9 Å². The van der Waals surface area contributed by atoms with E-state index in [0.29, 0.717) is 24.2 Å². The molecule has 2 heterocycles. The van der Waals surface area contributed by atoms with Gasteiger partial charge >= 0.3 is 5.90 Å². The summed E-state index contributed by atoms with van der Waals surface area (Å²) in [6.07, 6.45) is 8.28. The first kappa shape index (κ1) is 23.0. The molecule has 3 unspecified atom stereocenters. The van der Waals surface area contributed by atoms with Crippen LogP contribution in [0.1, 0.15) is 57.4 Å². The fraction of sp³-hybridized carbons (Fsp3) is 0.600. The first-order valence-electron chi connectivity index (χ1n) is 12.1. The average molecular weight is 441 g/mol. The number of benzene rings is 1. The number of aliphatic hydroxyl groups is 1. The molecule has 0 radical (unpaired) electrons. The second kappa shape index (κ2) is 10.6. The minimum absolute atomic E-state index is 0.132. The summed E-state index contributed by atoms with van der Waals surface area (Å²) < 4.78 is 0. The maximum absolute atomic E-state index is 10.2. The lowest BCUT2D eigenvalue weighted by molar-refractivity contribution is 0.163. The van der Waals surface area contributed by atoms with Gasteiger partial charge in [-0.25, -0.2) is 4.98 Å². The zero-order chi connectivity index (χ0) is 22.5. The van der Waals surface area contributed by atoms with E-state index in [0.717, 1.165) is 29.7 Å². The third-order valence-electron chi connectivity index (χ3n) is 6.86. The number of aliphatic hydroxyl groups excluding tert-OH is 1. The van der Waals surface area contributed by atoms with Gasteiger partial charge in [0.1, 0.15) is 17.5 Å². The van der Waals surface area contributed by atoms with Crippen molar-refractivity contribution in [2.45, 2.75) is 70.1 Å². The zero-order valence-corrected chi connectivity index (χ0v) is 19.1. The van der Waals surface area contributed by atoms with Crippen LogP contribution >= 0.6 is 0 Å². The second-order valence-corrected chi connectivity index (χ2v) is 9.41. The summed E-state index contributed by atoms with van der Waals surface area (Å²) in [5, 5.41) is 23.6. The third kappa shape index (κ3) is 5.39. The lowest BCUT2D eigenvalue weighted by Gasteiger charge is -2.40. The average Bonchev–Trinajstić information content (AvgIpc) is 3.06. The fourth-order valence-electron chi connectivity index (χ4n) is 5.17. The minimum Gasteiger partial charge on any atom is -0.578 e. The number of piperidine rings is 1. The van der Waals surface area contributed by atoms with Gasteiger partial charge in [0.2, 0.25) is 0 Å². The molecule has 2 fully saturated rings. The summed E-state index contributed by atoms with van der Waals surface area (Å²) in [6.45, 7) is 3.47. The van der Waals surface area contributed by atoms with Gasteiger partial charge in [-0.3, -0.25) is 0 Å². The van der Waals surface area contributed by atoms with Gasteiger partial charge in [-0.05, 0) is 38.3 Å². The Morgan fingerprint density at radius 2 is 2.00 bits per heavy atom. The van der Waals surface area contributed by atoms with Crippen LogP contribution in [-0.4, -0.2) is 59.0 Å². The number of nitrogens with two attached hydrogens (primary N) is 1. The van der Waals surface area contributed by atoms with E-state index in [-0.39, 0.29) is 18.4 Å². The molecule has 1 aliphatic heterocycles. The van der Waals surface area contributed by atoms with Crippen molar-refractivity contribution in [1.29, 1.82) is 0 Å². The van der Waals surface area contributed by atoms with Crippen molar-refractivity contribution < 1.29 is 10.2 Å². The highest BCUT2D eigenvalue weighted by Crippen LogP contribution is 2.29. The van der Waals surface area contributed by atoms with E-state index >= 15 is 0 Å². The summed E-state index contributed by atoms with van der Waals surface area (Å²) in [5.41, 5.74) is 7.45. The Bertz CT molecular complexity index is 924. The SMILES string of the molecule is CC(N)/N=C(\[OH2+])c1cc2ccccc2nc1N1CCC(NC2CCCCCC2)C(CO)C1. The monoisotopic (exact) mass is 440 g/mol. The van der Waals surface area contributed by atoms with Crippen molar-refractivity contribution in [3.63, 3.8) is 0 Å². The van der Waals surface area contributed by atoms with Crippen molar-refractivity contribution in [2.24, 2.45) is 16.6 Å². The second-order valence-electron chi connectivity index (χ2n) is 9.41. The number of hydrogen-bond acceptors (Lipinski definition) is 6. The highest BCUT2D eigenvalue weighted by molar-refractivity contribution is 6.01. The van der Waals surface area contributed by atoms with Crippen molar-refractivity contribution in [3.05, 3.63) is 35.9 Å². The molecule has 174 valence electrons. The predicted octanol–water partition coefficient (Wildman–Crippen LogP) is 2.51. The first-order valence-corrected chi connectivity index (χ1v) is 12.1. The highest BCUT2D eigenvalue weighted by atomic mass is 16.3. The third-order valence-corrected chi connectivity index (χ3v) is 6.86. The molecule has 1 saturated heterocycles. The molecule has 0 bridgehead atoms. The Morgan fingerprint density at radius 3 is 2.72 bits per heavy atom. The molecule has 1 aliphatic carbocycles. The molecule has 7 heteroatoms. The number of anilines is 1. The molecule has 1 aromatic carbocycles. The molecule has 0 amide bonds. The molecule has 1 saturated carbocycles. The molecule has 1 aromatic heterocycles. The quantitative estimate of drug-likeness (QED) is 0.277. The molecule has 3 atom stereocenters. The summed E-state index contributed by atoms with van der Waals surface area (Å²) in [4.78, 5) is 11.4. The Balaban J connectivity index is 1.58. The van der Waals surface area contributed by atoms with E-state index in [1.165, 1.54) is 38.5 Å². The molecule has 0 spiro atoms. The van der Waals surface area contributed by atoms with Crippen LogP contribution in [0.3, 0.4) is 0 Å². The number of rotatable bonds is 6. The summed E-state index contributed by atoms with van der Waals surface area (Å²) >= 11 is 0. The molecule has 6 N–H and O–H groups in total. The van der Waals surface area contributed by atoms with Crippen molar-refractivity contribution in [2.75, 3.05) is 24.6 Å². The van der Waals surface area contributed by atoms with Crippen LogP contribution in [0.2, 0.25) is 0 Å². The van der Waals surface area contributed by atoms with Gasteiger partial charge in [0.05, 0.1) is 5.52 Å². The molecule has 2 aromatic rings. The summed E-state index contributed by atoms with van der Waals surface area (Å²) in [7, 11) is 0. The Kier molecular flexibility index (Phi) is 7.60. The van der Waals surface area contributed by atoms with E-state index in [1.807, 2.05) is 30.3 Å². The van der Waals surface area contributed by atoms with Crippen LogP contribution in [0, 0.1) is 5.92 Å². The van der Waals surface area contributed by atoms with Gasteiger partial charge in [0.15, 0.2) is 0 Å². The summed E-state index contributed by atoms with van der Waals surface area (Å²) in [6, 6.07) is 10.8. The summed E-state index contributed by atoms with van der Waals surface area (Å²) in [5.74, 6) is 1.06. The van der Waals surface area contributed by atoms with Gasteiger partial charge < -0.3 is 26.2 Å². The van der Waals surface area contributed by atoms with E-state index < -0.39 is 6.17 Å². The van der Waals surface area contributed by atoms with E-state index in [2.05, 4.69) is 15.2 Å². The fourth-order valence-corrected chi connectivity index (χ4v) is 5.17. The van der Waals surface area contributed by atoms with Crippen LogP contribution in [0.5, 0.6) is 0 Å². The number of hydrogen-bond donors (Lipinski definition) is 3. The van der Waals surface area contributed by atoms with Crippen LogP contribution in [0.25, 0.3) is 10.9 Å². The van der Waals surface area contributed by atoms with E-state index in [4.69, 9.17) is 15.8 Å². The number of aromatic nitrogens is 1. The molecule has 4 rings (SSSR count). The predicted molar refractivity (Wildman–Crippen MR) is 131 cm³/mol. The molecule has 32 heavy (non-hydrogen) atoms. The first-order chi connectivity index (χ1) is 15.5. The number of nitrogens with zero attached hydrogens (tertiary/aromatic N) is 3. The molecule has 7 nitrogen and oxygen atoms in total. The normalized spacial score (nSPS) is 24.5. The number of para-hydroxylation sites is 1. The topological polar surface area (TPSA) is 110 Å². The van der Waals surface area contributed by atoms with Gasteiger partial charge in [-0.2, -0.15) is 4.99 Å². The van der Waals surface area contributed by atoms with E-state index in [1.54, 1.807) is 6.92 Å². The lowest BCUT2D eigenvalue weighted by atomic mass is 9.91. The van der Waals surface area contributed by atoms with Crippen molar-refractivity contribution >= 4 is 22.6 Å². The number of aliphatic imine (C=N–C) groups is 1. The number of nitrogens with one attached hydrogen (secondary N) is 1.